The van der Waals surface area contributed by atoms with Gasteiger partial charge in [0.05, 0.1) is 31.0 Å². The standard InChI is InChI=1S/C46H71N9O13S/c1-27-23-35(66-10)28(2)29(3)38(27)69(64,65)55-43(48)49-22-16-19-31(47)39(58)51-26-36(56)52-34(25-37(57)67-45(4,5)6)41(60)54-33(24-30-17-12-11-13-18-30)40(59)53-32(42(61)62)20-14-15-21-50-44(63)68-46(7,8)9/h11-13,17-18,23,31-34H,14-16,19-22,24-26,47H2,1-10H3,(H,50,63)(H,51,58)(H,52,56)(H,53,59)(H,54,60)(H,61,62)(H3,48,49,55)/t31-,32-,33+,34-/m0/s1. The van der Waals surface area contributed by atoms with E-state index in [0.717, 1.165) is 0 Å². The van der Waals surface area contributed by atoms with Crippen LogP contribution in [0.15, 0.2) is 46.3 Å². The maximum atomic E-state index is 13.9. The molecule has 2 aromatic carbocycles. The number of carbonyl (C=O) groups is 7. The van der Waals surface area contributed by atoms with Crippen LogP contribution in [-0.4, -0.2) is 123 Å². The van der Waals surface area contributed by atoms with Gasteiger partial charge in [0.2, 0.25) is 29.6 Å². The van der Waals surface area contributed by atoms with Crippen LogP contribution < -0.4 is 47.5 Å². The number of methoxy groups -OCH3 is 1. The number of ether oxygens (including phenoxy) is 3. The number of carboxylic acids is 1. The minimum atomic E-state index is -4.11. The van der Waals surface area contributed by atoms with Gasteiger partial charge in [-0.05, 0) is 123 Å². The lowest BCUT2D eigenvalue weighted by Crippen LogP contribution is -2.57. The van der Waals surface area contributed by atoms with E-state index in [-0.39, 0.29) is 56.0 Å². The number of aliphatic carboxylic acids is 1. The van der Waals surface area contributed by atoms with Gasteiger partial charge in [0.1, 0.15) is 35.1 Å². The molecule has 0 unspecified atom stereocenters. The van der Waals surface area contributed by atoms with Crippen LogP contribution in [-0.2, 0) is 54.7 Å². The summed E-state index contributed by atoms with van der Waals surface area (Å²) in [5.41, 5.74) is 12.4. The van der Waals surface area contributed by atoms with Gasteiger partial charge in [0.15, 0.2) is 0 Å². The molecule has 0 heterocycles. The molecule has 0 saturated carbocycles. The van der Waals surface area contributed by atoms with Gasteiger partial charge in [-0.25, -0.2) is 22.7 Å². The summed E-state index contributed by atoms with van der Waals surface area (Å²) in [7, 11) is -2.62. The molecule has 0 fully saturated rings. The van der Waals surface area contributed by atoms with Gasteiger partial charge in [-0.15, -0.1) is 0 Å². The number of esters is 1. The van der Waals surface area contributed by atoms with Crippen molar-refractivity contribution in [2.24, 2.45) is 16.5 Å². The molecule has 4 atom stereocenters. The van der Waals surface area contributed by atoms with E-state index in [4.69, 9.17) is 25.7 Å². The van der Waals surface area contributed by atoms with Crippen molar-refractivity contribution in [3.63, 3.8) is 0 Å². The highest BCUT2D eigenvalue weighted by Crippen LogP contribution is 2.30. The molecule has 0 saturated heterocycles. The Kier molecular flexibility index (Phi) is 22.9. The fraction of sp³-hybridized carbons (Fsp3) is 0.565. The minimum absolute atomic E-state index is 0.00771. The number of aliphatic imine (C=N–C) groups is 1. The molecule has 0 aromatic heterocycles. The summed E-state index contributed by atoms with van der Waals surface area (Å²) in [6.07, 6.45) is -0.543. The summed E-state index contributed by atoms with van der Waals surface area (Å²) in [5, 5.41) is 22.3. The van der Waals surface area contributed by atoms with Crippen LogP contribution in [0.2, 0.25) is 0 Å². The van der Waals surface area contributed by atoms with Crippen molar-refractivity contribution in [3.8, 4) is 5.75 Å². The molecular weight excluding hydrogens is 919 g/mol. The first kappa shape index (κ1) is 58.6. The van der Waals surface area contributed by atoms with Gasteiger partial charge in [0.25, 0.3) is 10.0 Å². The normalized spacial score (nSPS) is 13.6. The number of guanidine groups is 1. The lowest BCUT2D eigenvalue weighted by molar-refractivity contribution is -0.156. The maximum Gasteiger partial charge on any atom is 0.407 e. The van der Waals surface area contributed by atoms with E-state index >= 15 is 0 Å². The third-order valence-corrected chi connectivity index (χ3v) is 11.6. The Labute approximate surface area is 404 Å². The van der Waals surface area contributed by atoms with Crippen molar-refractivity contribution >= 4 is 57.6 Å². The molecule has 2 aromatic rings. The molecule has 0 radical (unpaired) electrons. The Morgan fingerprint density at radius 3 is 1.97 bits per heavy atom. The summed E-state index contributed by atoms with van der Waals surface area (Å²) >= 11 is 0. The zero-order chi connectivity index (χ0) is 52.3. The quantitative estimate of drug-likeness (QED) is 0.0296. The molecule has 0 aliphatic heterocycles. The second-order valence-corrected chi connectivity index (χ2v) is 19.9. The van der Waals surface area contributed by atoms with Crippen LogP contribution in [0.3, 0.4) is 0 Å². The fourth-order valence-electron chi connectivity index (χ4n) is 6.65. The molecule has 69 heavy (non-hydrogen) atoms. The van der Waals surface area contributed by atoms with Crippen LogP contribution in [0.4, 0.5) is 4.79 Å². The molecule has 22 nitrogen and oxygen atoms in total. The molecule has 0 aliphatic rings. The molecule has 0 bridgehead atoms. The Morgan fingerprint density at radius 1 is 0.768 bits per heavy atom. The van der Waals surface area contributed by atoms with Crippen molar-refractivity contribution in [3.05, 3.63) is 58.7 Å². The number of carboxylic acid groups (broad SMARTS) is 1. The lowest BCUT2D eigenvalue weighted by Gasteiger charge is -2.26. The molecule has 2 rings (SSSR count). The molecule has 11 N–H and O–H groups in total. The number of carbonyl (C=O) groups excluding carboxylic acids is 6. The highest BCUT2D eigenvalue weighted by Gasteiger charge is 2.33. The first-order chi connectivity index (χ1) is 32.0. The largest absolute Gasteiger partial charge is 0.496 e. The molecule has 23 heteroatoms. The van der Waals surface area contributed by atoms with Crippen molar-refractivity contribution in [1.29, 1.82) is 0 Å². The number of nitrogens with one attached hydrogen (secondary N) is 6. The lowest BCUT2D eigenvalue weighted by atomic mass is 10.0. The van der Waals surface area contributed by atoms with Gasteiger partial charge in [-0.2, -0.15) is 0 Å². The third-order valence-electron chi connectivity index (χ3n) is 9.98. The number of nitrogens with two attached hydrogens (primary N) is 2. The molecular formula is C46H71N9O13S. The zero-order valence-electron chi connectivity index (χ0n) is 41.2. The number of unbranched alkanes of at least 4 members (excludes halogenated alkanes) is 1. The number of nitrogens with zero attached hydrogens (tertiary/aromatic N) is 1. The van der Waals surface area contributed by atoms with Crippen molar-refractivity contribution in [1.82, 2.24) is 31.3 Å². The van der Waals surface area contributed by atoms with Crippen LogP contribution >= 0.6 is 0 Å². The van der Waals surface area contributed by atoms with E-state index in [9.17, 15) is 47.1 Å². The molecule has 384 valence electrons. The number of rotatable bonds is 25. The molecule has 5 amide bonds. The second kappa shape index (κ2) is 26.9. The van der Waals surface area contributed by atoms with Gasteiger partial charge in [-0.3, -0.25) is 29.0 Å². The number of sulfonamides is 1. The highest BCUT2D eigenvalue weighted by molar-refractivity contribution is 7.90. The first-order valence-corrected chi connectivity index (χ1v) is 23.9. The number of benzene rings is 2. The summed E-state index contributed by atoms with van der Waals surface area (Å²) in [6.45, 7) is 14.5. The van der Waals surface area contributed by atoms with E-state index in [1.165, 1.54) is 7.11 Å². The van der Waals surface area contributed by atoms with E-state index in [2.05, 4.69) is 36.3 Å². The summed E-state index contributed by atoms with van der Waals surface area (Å²) in [5.74, 6) is -5.55. The summed E-state index contributed by atoms with van der Waals surface area (Å²) in [6, 6.07) is 4.59. The third kappa shape index (κ3) is 21.6. The van der Waals surface area contributed by atoms with Gasteiger partial charge >= 0.3 is 18.0 Å². The average molecular weight is 990 g/mol. The number of amides is 5. The van der Waals surface area contributed by atoms with Gasteiger partial charge < -0.3 is 57.4 Å². The Balaban J connectivity index is 2.11. The van der Waals surface area contributed by atoms with Crippen LogP contribution in [0, 0.1) is 20.8 Å². The number of hydrogen-bond acceptors (Lipinski definition) is 14. The molecule has 0 aliphatic carbocycles. The number of hydrogen-bond donors (Lipinski definition) is 9. The van der Waals surface area contributed by atoms with Crippen molar-refractivity contribution < 1.29 is 61.3 Å². The summed E-state index contributed by atoms with van der Waals surface area (Å²) in [4.78, 5) is 95.0. The fourth-order valence-corrected chi connectivity index (χ4v) is 8.13. The maximum absolute atomic E-state index is 13.9. The minimum Gasteiger partial charge on any atom is -0.496 e. The van der Waals surface area contributed by atoms with Crippen LogP contribution in [0.5, 0.6) is 5.75 Å². The van der Waals surface area contributed by atoms with E-state index < -0.39 is 100 Å². The zero-order valence-corrected chi connectivity index (χ0v) is 42.0. The van der Waals surface area contributed by atoms with Crippen molar-refractivity contribution in [2.45, 2.75) is 148 Å². The highest BCUT2D eigenvalue weighted by atomic mass is 32.2. The van der Waals surface area contributed by atoms with E-state index in [1.807, 2.05) is 0 Å². The Bertz CT molecular complexity index is 2260. The monoisotopic (exact) mass is 989 g/mol. The first-order valence-electron chi connectivity index (χ1n) is 22.4. The SMILES string of the molecule is COc1cc(C)c(S(=O)(=O)NC(N)=NCCC[C@H](N)C(=O)NCC(=O)N[C@@H](CC(=O)OC(C)(C)C)C(=O)N[C@H](Cc2ccccc2)C(=O)N[C@@H](CCCCNC(=O)OC(C)(C)C)C(=O)O)c(C)c1C. The van der Waals surface area contributed by atoms with Gasteiger partial charge in [0, 0.05) is 19.5 Å². The van der Waals surface area contributed by atoms with Crippen molar-refractivity contribution in [2.75, 3.05) is 26.7 Å². The van der Waals surface area contributed by atoms with E-state index in [0.29, 0.717) is 34.4 Å². The predicted octanol–water partition coefficient (Wildman–Crippen LogP) is 1.65. The van der Waals surface area contributed by atoms with Crippen LogP contribution in [0.1, 0.15) is 102 Å². The summed E-state index contributed by atoms with van der Waals surface area (Å²) < 4.78 is 44.5. The smallest absolute Gasteiger partial charge is 0.407 e. The Hall–Kier alpha value is -6.49. The Morgan fingerprint density at radius 2 is 1.38 bits per heavy atom. The topological polar surface area (TPSA) is 338 Å². The second-order valence-electron chi connectivity index (χ2n) is 18.3. The van der Waals surface area contributed by atoms with Crippen LogP contribution in [0.25, 0.3) is 0 Å². The molecule has 0 spiro atoms. The number of alkyl carbamates (subject to hydrolysis) is 1. The number of aryl methyl sites for hydroxylation is 1. The van der Waals surface area contributed by atoms with Gasteiger partial charge in [-0.1, -0.05) is 30.3 Å². The predicted molar refractivity (Wildman–Crippen MR) is 256 cm³/mol. The average Bonchev–Trinajstić information content (AvgIpc) is 3.23. The van der Waals surface area contributed by atoms with E-state index in [1.54, 1.807) is 98.7 Å².